The maximum atomic E-state index is 9.08. The van der Waals surface area contributed by atoms with Crippen LogP contribution in [-0.2, 0) is 6.61 Å². The summed E-state index contributed by atoms with van der Waals surface area (Å²) in [6.07, 6.45) is 3.56. The topological polar surface area (TPSA) is 20.2 Å². The molecule has 0 bridgehead atoms. The van der Waals surface area contributed by atoms with Gasteiger partial charge in [0.25, 0.3) is 0 Å². The lowest BCUT2D eigenvalue weighted by Gasteiger charge is -2.09. The van der Waals surface area contributed by atoms with Crippen molar-refractivity contribution in [2.45, 2.75) is 27.4 Å². The van der Waals surface area contributed by atoms with Gasteiger partial charge >= 0.3 is 0 Å². The van der Waals surface area contributed by atoms with E-state index in [1.807, 2.05) is 32.9 Å². The fourth-order valence-corrected chi connectivity index (χ4v) is 1.44. The highest BCUT2D eigenvalue weighted by Gasteiger charge is 2.04. The Bertz CT molecular complexity index is 337. The summed E-state index contributed by atoms with van der Waals surface area (Å²) < 4.78 is 0. The van der Waals surface area contributed by atoms with Crippen LogP contribution in [-0.4, -0.2) is 5.11 Å². The van der Waals surface area contributed by atoms with Crippen LogP contribution in [0.5, 0.6) is 0 Å². The number of rotatable bonds is 3. The third kappa shape index (κ3) is 3.07. The molecule has 0 aliphatic carbocycles. The molecular weight excluding hydrogens is 184 g/mol. The zero-order chi connectivity index (χ0) is 11.8. The van der Waals surface area contributed by atoms with Crippen LogP contribution >= 0.6 is 0 Å². The van der Waals surface area contributed by atoms with Gasteiger partial charge in [0.15, 0.2) is 0 Å². The molecule has 82 valence electrons. The summed E-state index contributed by atoms with van der Waals surface area (Å²) in [5.74, 6) is 0. The van der Waals surface area contributed by atoms with Crippen molar-refractivity contribution in [1.82, 2.24) is 0 Å². The van der Waals surface area contributed by atoms with Crippen molar-refractivity contribution in [2.75, 3.05) is 0 Å². The van der Waals surface area contributed by atoms with Crippen LogP contribution in [0.3, 0.4) is 0 Å². The van der Waals surface area contributed by atoms with E-state index >= 15 is 0 Å². The molecule has 1 rings (SSSR count). The quantitative estimate of drug-likeness (QED) is 0.794. The minimum absolute atomic E-state index is 0.0441. The molecule has 1 aromatic carbocycles. The standard InChI is InChI=1S/C12H14O.C2H6/c1-4-11-9(3)6-7-10(8-13)12(11)5-2;1-2/h4-7,13H,1-2,8H2,3H3;1-2H3. The Kier molecular flexibility index (Phi) is 6.39. The first kappa shape index (κ1) is 13.7. The van der Waals surface area contributed by atoms with E-state index in [9.17, 15) is 0 Å². The van der Waals surface area contributed by atoms with Gasteiger partial charge in [-0.2, -0.15) is 0 Å². The molecule has 15 heavy (non-hydrogen) atoms. The summed E-state index contributed by atoms with van der Waals surface area (Å²) in [4.78, 5) is 0. The lowest BCUT2D eigenvalue weighted by atomic mass is 9.97. The van der Waals surface area contributed by atoms with Gasteiger partial charge in [-0.25, -0.2) is 0 Å². The minimum Gasteiger partial charge on any atom is -0.392 e. The van der Waals surface area contributed by atoms with Crippen LogP contribution in [0.4, 0.5) is 0 Å². The molecule has 1 aromatic rings. The molecule has 0 aliphatic rings. The zero-order valence-electron chi connectivity index (χ0n) is 9.88. The van der Waals surface area contributed by atoms with Crippen LogP contribution < -0.4 is 0 Å². The van der Waals surface area contributed by atoms with Gasteiger partial charge in [-0.3, -0.25) is 0 Å². The predicted octanol–water partition coefficient (Wildman–Crippen LogP) is 3.80. The average Bonchev–Trinajstić information content (AvgIpc) is 2.31. The van der Waals surface area contributed by atoms with E-state index in [1.165, 1.54) is 0 Å². The third-order valence-corrected chi connectivity index (χ3v) is 2.17. The van der Waals surface area contributed by atoms with Crippen molar-refractivity contribution in [2.24, 2.45) is 0 Å². The van der Waals surface area contributed by atoms with Gasteiger partial charge in [-0.1, -0.05) is 51.3 Å². The second-order valence-corrected chi connectivity index (χ2v) is 2.94. The molecular formula is C14H20O. The van der Waals surface area contributed by atoms with Crippen molar-refractivity contribution in [3.63, 3.8) is 0 Å². The first-order chi connectivity index (χ1) is 7.24. The monoisotopic (exact) mass is 204 g/mol. The lowest BCUT2D eigenvalue weighted by Crippen LogP contribution is -1.94. The number of aliphatic hydroxyl groups excluding tert-OH is 1. The second kappa shape index (κ2) is 7.02. The molecule has 0 spiro atoms. The third-order valence-electron chi connectivity index (χ3n) is 2.17. The molecule has 0 heterocycles. The summed E-state index contributed by atoms with van der Waals surface area (Å²) in [6.45, 7) is 13.5. The number of hydrogen-bond acceptors (Lipinski definition) is 1. The Labute approximate surface area is 92.8 Å². The van der Waals surface area contributed by atoms with E-state index in [0.29, 0.717) is 0 Å². The van der Waals surface area contributed by atoms with Gasteiger partial charge in [-0.05, 0) is 29.2 Å². The van der Waals surface area contributed by atoms with Crippen molar-refractivity contribution in [1.29, 1.82) is 0 Å². The molecule has 0 unspecified atom stereocenters. The highest BCUT2D eigenvalue weighted by atomic mass is 16.3. The van der Waals surface area contributed by atoms with Gasteiger partial charge in [0.2, 0.25) is 0 Å². The fraction of sp³-hybridized carbons (Fsp3) is 0.286. The summed E-state index contributed by atoms with van der Waals surface area (Å²) in [6, 6.07) is 3.90. The van der Waals surface area contributed by atoms with Gasteiger partial charge in [-0.15, -0.1) is 0 Å². The number of aliphatic hydroxyl groups is 1. The zero-order valence-corrected chi connectivity index (χ0v) is 9.88. The van der Waals surface area contributed by atoms with Gasteiger partial charge in [0.05, 0.1) is 6.61 Å². The Morgan fingerprint density at radius 1 is 1.13 bits per heavy atom. The maximum absolute atomic E-state index is 9.08. The van der Waals surface area contributed by atoms with Crippen LogP contribution in [0.25, 0.3) is 12.2 Å². The molecule has 1 nitrogen and oxygen atoms in total. The summed E-state index contributed by atoms with van der Waals surface area (Å²) >= 11 is 0. The maximum Gasteiger partial charge on any atom is 0.0687 e. The summed E-state index contributed by atoms with van der Waals surface area (Å²) in [5, 5.41) is 9.08. The Morgan fingerprint density at radius 3 is 2.07 bits per heavy atom. The first-order valence-corrected chi connectivity index (χ1v) is 5.22. The summed E-state index contributed by atoms with van der Waals surface area (Å²) in [5.41, 5.74) is 4.09. The molecule has 0 saturated heterocycles. The van der Waals surface area contributed by atoms with Crippen LogP contribution in [0.1, 0.15) is 36.1 Å². The molecule has 0 amide bonds. The van der Waals surface area contributed by atoms with E-state index < -0.39 is 0 Å². The van der Waals surface area contributed by atoms with E-state index in [1.54, 1.807) is 12.2 Å². The Morgan fingerprint density at radius 2 is 1.67 bits per heavy atom. The molecule has 1 N–H and O–H groups in total. The summed E-state index contributed by atoms with van der Waals surface area (Å²) in [7, 11) is 0. The van der Waals surface area contributed by atoms with E-state index in [2.05, 4.69) is 13.2 Å². The van der Waals surface area contributed by atoms with E-state index in [4.69, 9.17) is 5.11 Å². The fourth-order valence-electron chi connectivity index (χ4n) is 1.44. The lowest BCUT2D eigenvalue weighted by molar-refractivity contribution is 0.281. The highest BCUT2D eigenvalue weighted by Crippen LogP contribution is 2.21. The molecule has 0 atom stereocenters. The van der Waals surface area contributed by atoms with E-state index in [-0.39, 0.29) is 6.61 Å². The first-order valence-electron chi connectivity index (χ1n) is 5.22. The number of hydrogen-bond donors (Lipinski definition) is 1. The molecule has 0 aromatic heterocycles. The van der Waals surface area contributed by atoms with Crippen LogP contribution in [0, 0.1) is 6.92 Å². The second-order valence-electron chi connectivity index (χ2n) is 2.94. The van der Waals surface area contributed by atoms with Crippen molar-refractivity contribution in [3.05, 3.63) is 47.5 Å². The van der Waals surface area contributed by atoms with Crippen molar-refractivity contribution in [3.8, 4) is 0 Å². The average molecular weight is 204 g/mol. The predicted molar refractivity (Wildman–Crippen MR) is 68.6 cm³/mol. The molecule has 0 aliphatic heterocycles. The minimum atomic E-state index is 0.0441. The molecule has 0 radical (unpaired) electrons. The normalized spacial score (nSPS) is 8.80. The molecule has 1 heteroatoms. The van der Waals surface area contributed by atoms with Crippen LogP contribution in [0.15, 0.2) is 25.3 Å². The SMILES string of the molecule is C=Cc1c(C)ccc(CO)c1C=C.CC. The Hall–Kier alpha value is -1.34. The largest absolute Gasteiger partial charge is 0.392 e. The van der Waals surface area contributed by atoms with Crippen molar-refractivity contribution < 1.29 is 5.11 Å². The molecule has 0 saturated carbocycles. The number of aryl methyl sites for hydroxylation is 1. The number of benzene rings is 1. The van der Waals surface area contributed by atoms with Gasteiger partial charge < -0.3 is 5.11 Å². The van der Waals surface area contributed by atoms with E-state index in [0.717, 1.165) is 22.3 Å². The van der Waals surface area contributed by atoms with Gasteiger partial charge in [0.1, 0.15) is 0 Å². The highest BCUT2D eigenvalue weighted by molar-refractivity contribution is 5.68. The van der Waals surface area contributed by atoms with Crippen molar-refractivity contribution >= 4 is 12.2 Å². The van der Waals surface area contributed by atoms with Gasteiger partial charge in [0, 0.05) is 0 Å². The Balaban J connectivity index is 0.000000921. The smallest absolute Gasteiger partial charge is 0.0687 e. The van der Waals surface area contributed by atoms with Crippen LogP contribution in [0.2, 0.25) is 0 Å². The molecule has 0 fully saturated rings.